The van der Waals surface area contributed by atoms with Gasteiger partial charge in [0.05, 0.1) is 28.0 Å². The number of rotatable bonds is 3. The van der Waals surface area contributed by atoms with Crippen LogP contribution in [0.15, 0.2) is 18.3 Å². The van der Waals surface area contributed by atoms with Crippen LogP contribution in [0.1, 0.15) is 36.8 Å². The molecule has 0 unspecified atom stereocenters. The van der Waals surface area contributed by atoms with E-state index in [-0.39, 0.29) is 6.10 Å². The molecule has 0 bridgehead atoms. The van der Waals surface area contributed by atoms with Gasteiger partial charge in [0.1, 0.15) is 0 Å². The smallest absolute Gasteiger partial charge is 0.357 e. The second kappa shape index (κ2) is 5.70. The molecule has 1 aromatic carbocycles. The normalized spacial score (nSPS) is 11.8. The zero-order chi connectivity index (χ0) is 17.7. The van der Waals surface area contributed by atoms with Crippen molar-refractivity contribution in [1.82, 2.24) is 15.0 Å². The number of esters is 1. The number of carbonyl (C=O) groups is 1. The van der Waals surface area contributed by atoms with E-state index in [1.54, 1.807) is 6.20 Å². The lowest BCUT2D eigenvalue weighted by Gasteiger charge is -2.11. The average Bonchev–Trinajstić information content (AvgIpc) is 3.11. The first-order chi connectivity index (χ1) is 12.0. The molecule has 3 aromatic heterocycles. The highest BCUT2D eigenvalue weighted by Gasteiger charge is 2.21. The van der Waals surface area contributed by atoms with E-state index in [4.69, 9.17) is 10.5 Å². The van der Waals surface area contributed by atoms with Gasteiger partial charge in [0, 0.05) is 16.3 Å². The van der Waals surface area contributed by atoms with Crippen LogP contribution in [0.25, 0.3) is 32.0 Å². The van der Waals surface area contributed by atoms with E-state index in [0.29, 0.717) is 17.2 Å². The summed E-state index contributed by atoms with van der Waals surface area (Å²) in [5.74, 6) is -0.395. The van der Waals surface area contributed by atoms with Crippen molar-refractivity contribution in [3.63, 3.8) is 0 Å². The molecule has 0 radical (unpaired) electrons. The molecule has 6 nitrogen and oxygen atoms in total. The molecule has 128 valence electrons. The summed E-state index contributed by atoms with van der Waals surface area (Å²) in [5.41, 5.74) is 9.84. The van der Waals surface area contributed by atoms with Gasteiger partial charge in [-0.1, -0.05) is 18.3 Å². The molecule has 0 atom stereocenters. The molecule has 3 heterocycles. The van der Waals surface area contributed by atoms with Crippen LogP contribution in [0.4, 0.5) is 5.13 Å². The van der Waals surface area contributed by atoms with E-state index >= 15 is 0 Å². The summed E-state index contributed by atoms with van der Waals surface area (Å²) in [4.78, 5) is 24.7. The summed E-state index contributed by atoms with van der Waals surface area (Å²) < 4.78 is 6.39. The quantitative estimate of drug-likeness (QED) is 0.542. The Balaban J connectivity index is 2.10. The number of nitrogen functional groups attached to an aromatic ring is 1. The monoisotopic (exact) mass is 354 g/mol. The number of hydrogen-bond donors (Lipinski definition) is 2. The van der Waals surface area contributed by atoms with Gasteiger partial charge in [-0.05, 0) is 38.0 Å². The zero-order valence-electron chi connectivity index (χ0n) is 14.2. The van der Waals surface area contributed by atoms with Crippen LogP contribution in [0.3, 0.4) is 0 Å². The Bertz CT molecular complexity index is 1130. The summed E-state index contributed by atoms with van der Waals surface area (Å²) in [6, 6.07) is 4.02. The minimum atomic E-state index is -0.395. The average molecular weight is 354 g/mol. The molecule has 0 amide bonds. The molecule has 4 rings (SSSR count). The van der Waals surface area contributed by atoms with Crippen molar-refractivity contribution in [3.8, 4) is 0 Å². The van der Waals surface area contributed by atoms with Crippen LogP contribution >= 0.6 is 11.3 Å². The minimum absolute atomic E-state index is 0.192. The van der Waals surface area contributed by atoms with E-state index < -0.39 is 5.97 Å². The highest BCUT2D eigenvalue weighted by Crippen LogP contribution is 2.37. The number of hydrogen-bond acceptors (Lipinski definition) is 6. The largest absolute Gasteiger partial charge is 0.458 e. The highest BCUT2D eigenvalue weighted by atomic mass is 32.1. The Hall–Kier alpha value is -2.67. The molecule has 4 aromatic rings. The first-order valence-corrected chi connectivity index (χ1v) is 9.00. The third-order valence-electron chi connectivity index (χ3n) is 4.17. The molecule has 0 aliphatic carbocycles. The minimum Gasteiger partial charge on any atom is -0.458 e. The lowest BCUT2D eigenvalue weighted by molar-refractivity contribution is 0.0370. The molecule has 0 spiro atoms. The van der Waals surface area contributed by atoms with Gasteiger partial charge >= 0.3 is 5.97 Å². The lowest BCUT2D eigenvalue weighted by Crippen LogP contribution is -2.15. The standard InChI is InChI=1S/C18H18N4O2S/c1-4-9-13-11(7-20-15(9)17(23)24-8(2)3)21-10-5-6-12-16(14(10)13)22-18(19)25-12/h5-8,21H,4H2,1-3H3,(H2,19,22). The van der Waals surface area contributed by atoms with E-state index in [1.807, 2.05) is 32.9 Å². The van der Waals surface area contributed by atoms with Gasteiger partial charge in [-0.3, -0.25) is 0 Å². The third kappa shape index (κ3) is 2.42. The van der Waals surface area contributed by atoms with Crippen molar-refractivity contribution >= 4 is 54.5 Å². The number of thiazole rings is 1. The van der Waals surface area contributed by atoms with Gasteiger partial charge in [-0.2, -0.15) is 0 Å². The predicted molar refractivity (Wildman–Crippen MR) is 101 cm³/mol. The zero-order valence-corrected chi connectivity index (χ0v) is 15.0. The molecule has 0 aliphatic rings. The van der Waals surface area contributed by atoms with E-state index in [2.05, 4.69) is 15.0 Å². The fourth-order valence-electron chi connectivity index (χ4n) is 3.24. The Morgan fingerprint density at radius 3 is 2.84 bits per heavy atom. The molecular formula is C18H18N4O2S. The topological polar surface area (TPSA) is 93.9 Å². The molecule has 3 N–H and O–H groups in total. The van der Waals surface area contributed by atoms with E-state index in [1.165, 1.54) is 11.3 Å². The summed E-state index contributed by atoms with van der Waals surface area (Å²) >= 11 is 1.46. The van der Waals surface area contributed by atoms with Crippen molar-refractivity contribution in [2.45, 2.75) is 33.3 Å². The Morgan fingerprint density at radius 1 is 1.32 bits per heavy atom. The first kappa shape index (κ1) is 15.8. The predicted octanol–water partition coefficient (Wildman–Crippen LogP) is 4.04. The number of nitrogens with one attached hydrogen (secondary N) is 1. The van der Waals surface area contributed by atoms with Crippen molar-refractivity contribution < 1.29 is 9.53 Å². The van der Waals surface area contributed by atoms with Gasteiger partial charge in [0.15, 0.2) is 10.8 Å². The molecule has 0 saturated carbocycles. The number of nitrogens with zero attached hydrogens (tertiary/aromatic N) is 2. The lowest BCUT2D eigenvalue weighted by atomic mass is 10.0. The van der Waals surface area contributed by atoms with Crippen molar-refractivity contribution in [2.75, 3.05) is 5.73 Å². The van der Waals surface area contributed by atoms with Crippen LogP contribution in [-0.2, 0) is 11.2 Å². The Kier molecular flexibility index (Phi) is 3.61. The summed E-state index contributed by atoms with van der Waals surface area (Å²) in [6.45, 7) is 5.67. The van der Waals surface area contributed by atoms with E-state index in [0.717, 1.165) is 37.6 Å². The number of anilines is 1. The Labute approximate surface area is 148 Å². The fourth-order valence-corrected chi connectivity index (χ4v) is 3.98. The molecule has 0 saturated heterocycles. The van der Waals surface area contributed by atoms with Gasteiger partial charge in [-0.15, -0.1) is 0 Å². The fraction of sp³-hybridized carbons (Fsp3) is 0.278. The van der Waals surface area contributed by atoms with Crippen molar-refractivity contribution in [2.24, 2.45) is 0 Å². The van der Waals surface area contributed by atoms with Crippen LogP contribution < -0.4 is 5.73 Å². The maximum Gasteiger partial charge on any atom is 0.357 e. The van der Waals surface area contributed by atoms with Crippen LogP contribution in [0, 0.1) is 0 Å². The first-order valence-electron chi connectivity index (χ1n) is 8.18. The number of H-pyrrole nitrogens is 1. The number of nitrogens with two attached hydrogens (primary N) is 1. The number of carbonyl (C=O) groups excluding carboxylic acids is 1. The van der Waals surface area contributed by atoms with Gasteiger partial charge < -0.3 is 15.5 Å². The summed E-state index contributed by atoms with van der Waals surface area (Å²) in [7, 11) is 0. The van der Waals surface area contributed by atoms with Crippen LogP contribution in [0.2, 0.25) is 0 Å². The van der Waals surface area contributed by atoms with Crippen molar-refractivity contribution in [1.29, 1.82) is 0 Å². The summed E-state index contributed by atoms with van der Waals surface area (Å²) in [5, 5.41) is 2.49. The SMILES string of the molecule is CCc1c(C(=O)OC(C)C)ncc2[nH]c3ccc4sc(N)nc4c3c12. The molecule has 0 fully saturated rings. The number of ether oxygens (including phenoxy) is 1. The third-order valence-corrected chi connectivity index (χ3v) is 5.02. The molecule has 7 heteroatoms. The molecule has 25 heavy (non-hydrogen) atoms. The van der Waals surface area contributed by atoms with E-state index in [9.17, 15) is 4.79 Å². The number of aryl methyl sites for hydroxylation is 1. The van der Waals surface area contributed by atoms with Gasteiger partial charge in [0.25, 0.3) is 0 Å². The summed E-state index contributed by atoms with van der Waals surface area (Å²) in [6.07, 6.45) is 2.16. The second-order valence-electron chi connectivity index (χ2n) is 6.19. The number of pyridine rings is 1. The van der Waals surface area contributed by atoms with Crippen LogP contribution in [-0.4, -0.2) is 27.0 Å². The van der Waals surface area contributed by atoms with Gasteiger partial charge in [0.2, 0.25) is 0 Å². The maximum absolute atomic E-state index is 12.5. The van der Waals surface area contributed by atoms with Gasteiger partial charge in [-0.25, -0.2) is 14.8 Å². The Morgan fingerprint density at radius 2 is 2.12 bits per heavy atom. The second-order valence-corrected chi connectivity index (χ2v) is 7.26. The number of aromatic amines is 1. The molecular weight excluding hydrogens is 336 g/mol. The number of aromatic nitrogens is 3. The van der Waals surface area contributed by atoms with Crippen molar-refractivity contribution in [3.05, 3.63) is 29.6 Å². The maximum atomic E-state index is 12.5. The number of benzene rings is 1. The molecule has 0 aliphatic heterocycles. The van der Waals surface area contributed by atoms with Crippen LogP contribution in [0.5, 0.6) is 0 Å². The highest BCUT2D eigenvalue weighted by molar-refractivity contribution is 7.22. The number of fused-ring (bicyclic) bond motifs is 5.